The first-order chi connectivity index (χ1) is 8.83. The number of likely N-dealkylation sites (N-methyl/N-ethyl adjacent to an activating group) is 1. The van der Waals surface area contributed by atoms with E-state index >= 15 is 0 Å². The van der Waals surface area contributed by atoms with E-state index < -0.39 is 0 Å². The topological polar surface area (TPSA) is 32.3 Å². The average molecular weight is 301 g/mol. The monoisotopic (exact) mass is 300 g/mol. The Morgan fingerprint density at radius 1 is 1.32 bits per heavy atom. The van der Waals surface area contributed by atoms with E-state index in [4.69, 9.17) is 0 Å². The van der Waals surface area contributed by atoms with Crippen molar-refractivity contribution in [3.63, 3.8) is 0 Å². The van der Waals surface area contributed by atoms with Crippen LogP contribution in [0.3, 0.4) is 0 Å². The first-order valence-corrected chi connectivity index (χ1v) is 7.63. The summed E-state index contributed by atoms with van der Waals surface area (Å²) in [5.74, 6) is 2.32. The van der Waals surface area contributed by atoms with Crippen LogP contribution in [0.25, 0.3) is 0 Å². The molecule has 0 radical (unpaired) electrons. The predicted molar refractivity (Wildman–Crippen MR) is 84.0 cm³/mol. The number of thioether (sulfide) groups is 1. The molecule has 1 saturated heterocycles. The summed E-state index contributed by atoms with van der Waals surface area (Å²) in [6, 6.07) is 9.79. The van der Waals surface area contributed by atoms with Crippen LogP contribution in [0.4, 0.5) is 0 Å². The number of carbonyl (C=O) groups is 1. The van der Waals surface area contributed by atoms with E-state index in [2.05, 4.69) is 5.32 Å². The molecule has 0 saturated carbocycles. The molecule has 1 aliphatic rings. The van der Waals surface area contributed by atoms with Crippen molar-refractivity contribution in [2.24, 2.45) is 0 Å². The second-order valence-electron chi connectivity index (χ2n) is 4.34. The van der Waals surface area contributed by atoms with Gasteiger partial charge in [-0.25, -0.2) is 0 Å². The van der Waals surface area contributed by atoms with E-state index in [0.717, 1.165) is 36.7 Å². The molecular weight excluding hydrogens is 280 g/mol. The Balaban J connectivity index is 0.00000180. The summed E-state index contributed by atoms with van der Waals surface area (Å²) in [5.41, 5.74) is 1.06. The van der Waals surface area contributed by atoms with Gasteiger partial charge in [-0.2, -0.15) is 11.8 Å². The number of nitrogens with one attached hydrogen (secondary N) is 1. The molecule has 3 nitrogen and oxygen atoms in total. The minimum absolute atomic E-state index is 0. The van der Waals surface area contributed by atoms with Gasteiger partial charge in [0.15, 0.2) is 0 Å². The smallest absolute Gasteiger partial charge is 0.244 e. The number of nitrogens with zero attached hydrogens (tertiary/aromatic N) is 1. The van der Waals surface area contributed by atoms with Crippen LogP contribution in [0, 0.1) is 0 Å². The van der Waals surface area contributed by atoms with Crippen LogP contribution in [0.1, 0.15) is 18.5 Å². The van der Waals surface area contributed by atoms with Gasteiger partial charge in [-0.3, -0.25) is 4.79 Å². The van der Waals surface area contributed by atoms with Crippen molar-refractivity contribution in [2.45, 2.75) is 13.0 Å². The fraction of sp³-hybridized carbons (Fsp3) is 0.500. The van der Waals surface area contributed by atoms with E-state index in [1.54, 1.807) is 0 Å². The maximum Gasteiger partial charge on any atom is 0.244 e. The summed E-state index contributed by atoms with van der Waals surface area (Å²) in [6.45, 7) is 4.58. The van der Waals surface area contributed by atoms with Gasteiger partial charge < -0.3 is 10.2 Å². The fourth-order valence-electron chi connectivity index (χ4n) is 2.16. The second-order valence-corrected chi connectivity index (χ2v) is 5.56. The maximum absolute atomic E-state index is 12.5. The summed E-state index contributed by atoms with van der Waals surface area (Å²) in [5, 5.41) is 3.30. The van der Waals surface area contributed by atoms with Crippen LogP contribution in [-0.4, -0.2) is 41.9 Å². The third kappa shape index (κ3) is 4.41. The zero-order valence-corrected chi connectivity index (χ0v) is 12.8. The second kappa shape index (κ2) is 8.46. The van der Waals surface area contributed by atoms with Gasteiger partial charge in [0.2, 0.25) is 5.91 Å². The Morgan fingerprint density at radius 2 is 1.95 bits per heavy atom. The molecule has 1 aromatic rings. The molecule has 1 aromatic carbocycles. The Morgan fingerprint density at radius 3 is 2.53 bits per heavy atom. The Labute approximate surface area is 125 Å². The summed E-state index contributed by atoms with van der Waals surface area (Å²) in [7, 11) is 0. The zero-order chi connectivity index (χ0) is 12.8. The van der Waals surface area contributed by atoms with Crippen molar-refractivity contribution >= 4 is 30.1 Å². The van der Waals surface area contributed by atoms with Gasteiger partial charge in [-0.1, -0.05) is 37.3 Å². The third-order valence-corrected chi connectivity index (χ3v) is 4.05. The Kier molecular flexibility index (Phi) is 7.28. The van der Waals surface area contributed by atoms with Crippen LogP contribution in [-0.2, 0) is 4.79 Å². The van der Waals surface area contributed by atoms with Gasteiger partial charge in [-0.15, -0.1) is 12.4 Å². The molecular formula is C14H21ClN2OS. The lowest BCUT2D eigenvalue weighted by Crippen LogP contribution is -2.44. The van der Waals surface area contributed by atoms with E-state index in [-0.39, 0.29) is 24.4 Å². The van der Waals surface area contributed by atoms with Crippen LogP contribution in [0.15, 0.2) is 30.3 Å². The maximum atomic E-state index is 12.5. The minimum Gasteiger partial charge on any atom is -0.339 e. The molecule has 1 heterocycles. The number of hydrogen-bond acceptors (Lipinski definition) is 3. The SMILES string of the molecule is CCNC(C(=O)N1CCSCC1)c1ccccc1.Cl. The summed E-state index contributed by atoms with van der Waals surface area (Å²) < 4.78 is 0. The fourth-order valence-corrected chi connectivity index (χ4v) is 3.07. The number of benzene rings is 1. The van der Waals surface area contributed by atoms with Crippen molar-refractivity contribution in [2.75, 3.05) is 31.1 Å². The van der Waals surface area contributed by atoms with Gasteiger partial charge in [0.05, 0.1) is 0 Å². The van der Waals surface area contributed by atoms with E-state index in [0.29, 0.717) is 0 Å². The van der Waals surface area contributed by atoms with Crippen LogP contribution < -0.4 is 5.32 Å². The minimum atomic E-state index is -0.195. The van der Waals surface area contributed by atoms with Crippen LogP contribution in [0.5, 0.6) is 0 Å². The molecule has 0 spiro atoms. The Bertz CT molecular complexity index is 382. The number of rotatable bonds is 4. The number of hydrogen-bond donors (Lipinski definition) is 1. The van der Waals surface area contributed by atoms with Gasteiger partial charge in [0.1, 0.15) is 6.04 Å². The lowest BCUT2D eigenvalue weighted by Gasteiger charge is -2.30. The van der Waals surface area contributed by atoms with E-state index in [1.165, 1.54) is 0 Å². The lowest BCUT2D eigenvalue weighted by molar-refractivity contribution is -0.133. The molecule has 1 fully saturated rings. The summed E-state index contributed by atoms with van der Waals surface area (Å²) >= 11 is 1.92. The quantitative estimate of drug-likeness (QED) is 0.926. The number of halogens is 1. The molecule has 106 valence electrons. The first-order valence-electron chi connectivity index (χ1n) is 6.47. The Hall–Kier alpha value is -0.710. The molecule has 2 rings (SSSR count). The number of carbonyl (C=O) groups excluding carboxylic acids is 1. The molecule has 1 N–H and O–H groups in total. The van der Waals surface area contributed by atoms with Crippen molar-refractivity contribution in [3.05, 3.63) is 35.9 Å². The molecule has 1 aliphatic heterocycles. The molecule has 1 atom stereocenters. The average Bonchev–Trinajstić information content (AvgIpc) is 2.46. The molecule has 0 bridgehead atoms. The predicted octanol–water partition coefficient (Wildman–Crippen LogP) is 2.33. The normalized spacial score (nSPS) is 16.6. The highest BCUT2D eigenvalue weighted by Gasteiger charge is 2.25. The van der Waals surface area contributed by atoms with Crippen molar-refractivity contribution in [3.8, 4) is 0 Å². The standard InChI is InChI=1S/C14H20N2OS.ClH/c1-2-15-13(12-6-4-3-5-7-12)14(17)16-8-10-18-11-9-16;/h3-7,13,15H,2,8-11H2,1H3;1H. The van der Waals surface area contributed by atoms with E-state index in [1.807, 2.05) is 53.9 Å². The summed E-state index contributed by atoms with van der Waals surface area (Å²) in [4.78, 5) is 14.5. The molecule has 1 unspecified atom stereocenters. The lowest BCUT2D eigenvalue weighted by atomic mass is 10.1. The number of amides is 1. The van der Waals surface area contributed by atoms with Gasteiger partial charge in [-0.05, 0) is 12.1 Å². The highest BCUT2D eigenvalue weighted by atomic mass is 35.5. The van der Waals surface area contributed by atoms with Gasteiger partial charge >= 0.3 is 0 Å². The zero-order valence-electron chi connectivity index (χ0n) is 11.2. The highest BCUT2D eigenvalue weighted by Crippen LogP contribution is 2.18. The molecule has 0 aliphatic carbocycles. The third-order valence-electron chi connectivity index (χ3n) is 3.11. The highest BCUT2D eigenvalue weighted by molar-refractivity contribution is 7.99. The van der Waals surface area contributed by atoms with Crippen molar-refractivity contribution in [1.29, 1.82) is 0 Å². The van der Waals surface area contributed by atoms with Crippen LogP contribution >= 0.6 is 24.2 Å². The van der Waals surface area contributed by atoms with Crippen molar-refractivity contribution in [1.82, 2.24) is 10.2 Å². The largest absolute Gasteiger partial charge is 0.339 e. The molecule has 5 heteroatoms. The first kappa shape index (κ1) is 16.3. The van der Waals surface area contributed by atoms with Crippen LogP contribution in [0.2, 0.25) is 0 Å². The molecule has 19 heavy (non-hydrogen) atoms. The van der Waals surface area contributed by atoms with Crippen molar-refractivity contribution < 1.29 is 4.79 Å². The van der Waals surface area contributed by atoms with Gasteiger partial charge in [0.25, 0.3) is 0 Å². The van der Waals surface area contributed by atoms with E-state index in [9.17, 15) is 4.79 Å². The summed E-state index contributed by atoms with van der Waals surface area (Å²) in [6.07, 6.45) is 0. The molecule has 1 amide bonds. The molecule has 0 aromatic heterocycles. The van der Waals surface area contributed by atoms with Gasteiger partial charge in [0, 0.05) is 24.6 Å².